The van der Waals surface area contributed by atoms with Gasteiger partial charge in [-0.05, 0) is 55.2 Å². The van der Waals surface area contributed by atoms with Crippen LogP contribution in [-0.4, -0.2) is 37.4 Å². The molecule has 2 heterocycles. The molecule has 5 heteroatoms. The molecule has 0 spiro atoms. The van der Waals surface area contributed by atoms with E-state index in [0.29, 0.717) is 11.8 Å². The normalized spacial score (nSPS) is 21.4. The predicted molar refractivity (Wildman–Crippen MR) is 99.4 cm³/mol. The van der Waals surface area contributed by atoms with Gasteiger partial charge in [-0.2, -0.15) is 0 Å². The minimum Gasteiger partial charge on any atom is -0.504 e. The number of hydrogen-bond donors (Lipinski definition) is 1. The van der Waals surface area contributed by atoms with Crippen LogP contribution in [0.25, 0.3) is 0 Å². The molecule has 4 rings (SSSR count). The molecule has 2 aliphatic rings. The van der Waals surface area contributed by atoms with Crippen molar-refractivity contribution in [2.75, 3.05) is 21.3 Å². The van der Waals surface area contributed by atoms with Gasteiger partial charge in [0, 0.05) is 29.8 Å². The number of benzene rings is 2. The smallest absolute Gasteiger partial charge is 0.160 e. The number of rotatable bonds is 3. The molecule has 2 atom stereocenters. The van der Waals surface area contributed by atoms with E-state index in [0.717, 1.165) is 30.9 Å². The number of ether oxygens (including phenoxy) is 3. The number of fused-ring (bicyclic) bond motifs is 4. The maximum atomic E-state index is 10.3. The summed E-state index contributed by atoms with van der Waals surface area (Å²) in [5.74, 6) is 2.55. The van der Waals surface area contributed by atoms with Gasteiger partial charge < -0.3 is 19.3 Å². The lowest BCUT2D eigenvalue weighted by molar-refractivity contribution is 0.103. The van der Waals surface area contributed by atoms with Crippen LogP contribution in [-0.2, 0) is 19.4 Å². The third-order valence-electron chi connectivity index (χ3n) is 5.80. The molecule has 2 aromatic rings. The summed E-state index contributed by atoms with van der Waals surface area (Å²) in [5.41, 5.74) is 4.83. The molecule has 0 aromatic heterocycles. The van der Waals surface area contributed by atoms with Crippen LogP contribution in [0.3, 0.4) is 0 Å². The molecule has 26 heavy (non-hydrogen) atoms. The van der Waals surface area contributed by atoms with Crippen molar-refractivity contribution < 1.29 is 19.3 Å². The second-order valence-corrected chi connectivity index (χ2v) is 7.10. The first-order chi connectivity index (χ1) is 12.6. The van der Waals surface area contributed by atoms with Crippen LogP contribution in [0.5, 0.6) is 23.0 Å². The zero-order valence-electron chi connectivity index (χ0n) is 15.7. The standard InChI is InChI=1S/C21H25NO4/c1-12-7-13-8-21(26-4)18(23)10-14(13)17-9-15-16(11-22(12)17)20(25-3)6-5-19(15)24-2/h5-6,8,10,12,17,23H,7,9,11H2,1-4H3/t12-,17+/m1/s1. The van der Waals surface area contributed by atoms with Crippen LogP contribution in [0.4, 0.5) is 0 Å². The fraction of sp³-hybridized carbons (Fsp3) is 0.429. The van der Waals surface area contributed by atoms with Gasteiger partial charge in [0.2, 0.25) is 0 Å². The molecule has 138 valence electrons. The highest BCUT2D eigenvalue weighted by Crippen LogP contribution is 2.47. The molecule has 0 unspecified atom stereocenters. The molecule has 2 aliphatic heterocycles. The highest BCUT2D eigenvalue weighted by atomic mass is 16.5. The predicted octanol–water partition coefficient (Wildman–Crippen LogP) is 3.46. The fourth-order valence-corrected chi connectivity index (χ4v) is 4.50. The topological polar surface area (TPSA) is 51.2 Å². The highest BCUT2D eigenvalue weighted by Gasteiger charge is 2.38. The summed E-state index contributed by atoms with van der Waals surface area (Å²) >= 11 is 0. The van der Waals surface area contributed by atoms with Gasteiger partial charge in [0.15, 0.2) is 11.5 Å². The van der Waals surface area contributed by atoms with Crippen molar-refractivity contribution in [3.63, 3.8) is 0 Å². The Labute approximate surface area is 154 Å². The first-order valence-corrected chi connectivity index (χ1v) is 8.95. The Morgan fingerprint density at radius 1 is 0.923 bits per heavy atom. The van der Waals surface area contributed by atoms with Gasteiger partial charge in [-0.15, -0.1) is 0 Å². The number of aromatic hydroxyl groups is 1. The number of phenolic OH excluding ortho intramolecular Hbond substituents is 1. The average Bonchev–Trinajstić information content (AvgIpc) is 2.66. The Kier molecular flexibility index (Phi) is 4.19. The average molecular weight is 355 g/mol. The van der Waals surface area contributed by atoms with Crippen LogP contribution < -0.4 is 14.2 Å². The van der Waals surface area contributed by atoms with Crippen molar-refractivity contribution in [1.29, 1.82) is 0 Å². The van der Waals surface area contributed by atoms with Gasteiger partial charge in [0.1, 0.15) is 11.5 Å². The molecule has 2 aromatic carbocycles. The van der Waals surface area contributed by atoms with Crippen LogP contribution >= 0.6 is 0 Å². The zero-order chi connectivity index (χ0) is 18.4. The lowest BCUT2D eigenvalue weighted by Crippen LogP contribution is -2.45. The van der Waals surface area contributed by atoms with Crippen molar-refractivity contribution in [2.45, 2.75) is 38.4 Å². The largest absolute Gasteiger partial charge is 0.504 e. The summed E-state index contributed by atoms with van der Waals surface area (Å²) < 4.78 is 16.5. The maximum Gasteiger partial charge on any atom is 0.160 e. The molecule has 5 nitrogen and oxygen atoms in total. The molecule has 0 saturated carbocycles. The quantitative estimate of drug-likeness (QED) is 0.914. The Hall–Kier alpha value is -2.40. The summed E-state index contributed by atoms with van der Waals surface area (Å²) in [6.45, 7) is 3.07. The molecule has 0 amide bonds. The van der Waals surface area contributed by atoms with E-state index < -0.39 is 0 Å². The first kappa shape index (κ1) is 17.0. The third kappa shape index (κ3) is 2.50. The summed E-state index contributed by atoms with van der Waals surface area (Å²) in [5, 5.41) is 10.3. The van der Waals surface area contributed by atoms with Crippen LogP contribution in [0.2, 0.25) is 0 Å². The van der Waals surface area contributed by atoms with E-state index in [2.05, 4.69) is 11.8 Å². The number of phenols is 1. The molecule has 0 fully saturated rings. The summed E-state index contributed by atoms with van der Waals surface area (Å²) in [7, 11) is 5.02. The first-order valence-electron chi connectivity index (χ1n) is 8.95. The molecule has 0 saturated heterocycles. The van der Waals surface area contributed by atoms with E-state index >= 15 is 0 Å². The van der Waals surface area contributed by atoms with E-state index in [1.807, 2.05) is 24.3 Å². The highest BCUT2D eigenvalue weighted by molar-refractivity contribution is 5.54. The van der Waals surface area contributed by atoms with Gasteiger partial charge >= 0.3 is 0 Å². The van der Waals surface area contributed by atoms with Gasteiger partial charge in [-0.1, -0.05) is 0 Å². The summed E-state index contributed by atoms with van der Waals surface area (Å²) in [6, 6.07) is 8.42. The molecule has 0 radical (unpaired) electrons. The second kappa shape index (κ2) is 6.40. The number of nitrogens with zero attached hydrogens (tertiary/aromatic N) is 1. The van der Waals surface area contributed by atoms with Gasteiger partial charge in [-0.3, -0.25) is 4.90 Å². The van der Waals surface area contributed by atoms with Crippen molar-refractivity contribution in [3.8, 4) is 23.0 Å². The van der Waals surface area contributed by atoms with Crippen molar-refractivity contribution >= 4 is 0 Å². The lowest BCUT2D eigenvalue weighted by Gasteiger charge is -2.46. The molecule has 1 N–H and O–H groups in total. The molecular weight excluding hydrogens is 330 g/mol. The summed E-state index contributed by atoms with van der Waals surface area (Å²) in [4.78, 5) is 2.50. The van der Waals surface area contributed by atoms with E-state index in [9.17, 15) is 5.11 Å². The van der Waals surface area contributed by atoms with Crippen LogP contribution in [0, 0.1) is 0 Å². The van der Waals surface area contributed by atoms with Crippen LogP contribution in [0.15, 0.2) is 24.3 Å². The van der Waals surface area contributed by atoms with E-state index in [1.165, 1.54) is 22.3 Å². The Bertz CT molecular complexity index is 848. The number of methoxy groups -OCH3 is 3. The van der Waals surface area contributed by atoms with Crippen molar-refractivity contribution in [2.24, 2.45) is 0 Å². The third-order valence-corrected chi connectivity index (χ3v) is 5.80. The van der Waals surface area contributed by atoms with E-state index in [1.54, 1.807) is 21.3 Å². The number of hydrogen-bond acceptors (Lipinski definition) is 5. The van der Waals surface area contributed by atoms with Crippen LogP contribution in [0.1, 0.15) is 35.2 Å². The van der Waals surface area contributed by atoms with Gasteiger partial charge in [0.05, 0.1) is 21.3 Å². The second-order valence-electron chi connectivity index (χ2n) is 7.10. The molecule has 0 aliphatic carbocycles. The van der Waals surface area contributed by atoms with E-state index in [-0.39, 0.29) is 11.8 Å². The van der Waals surface area contributed by atoms with Gasteiger partial charge in [0.25, 0.3) is 0 Å². The zero-order valence-corrected chi connectivity index (χ0v) is 15.7. The van der Waals surface area contributed by atoms with Crippen molar-refractivity contribution in [1.82, 2.24) is 4.90 Å². The fourth-order valence-electron chi connectivity index (χ4n) is 4.50. The monoisotopic (exact) mass is 355 g/mol. The minimum absolute atomic E-state index is 0.198. The van der Waals surface area contributed by atoms with Crippen molar-refractivity contribution in [3.05, 3.63) is 46.5 Å². The SMILES string of the molecule is COc1cc2c(cc1O)[C@@H]1Cc3c(OC)ccc(OC)c3CN1[C@H](C)C2. The lowest BCUT2D eigenvalue weighted by atomic mass is 9.81. The molecule has 0 bridgehead atoms. The Morgan fingerprint density at radius 2 is 1.58 bits per heavy atom. The minimum atomic E-state index is 0.198. The molecular formula is C21H25NO4. The van der Waals surface area contributed by atoms with E-state index in [4.69, 9.17) is 14.2 Å². The Balaban J connectivity index is 1.84. The van der Waals surface area contributed by atoms with Gasteiger partial charge in [-0.25, -0.2) is 0 Å². The Morgan fingerprint density at radius 3 is 2.23 bits per heavy atom. The summed E-state index contributed by atoms with van der Waals surface area (Å²) in [6.07, 6.45) is 1.77. The maximum absolute atomic E-state index is 10.3.